The minimum Gasteiger partial charge on any atom is -0.481 e. The first-order valence-corrected chi connectivity index (χ1v) is 7.67. The Morgan fingerprint density at radius 2 is 2.19 bits per heavy atom. The van der Waals surface area contributed by atoms with Crippen LogP contribution in [0.25, 0.3) is 0 Å². The van der Waals surface area contributed by atoms with E-state index in [4.69, 9.17) is 4.74 Å². The van der Waals surface area contributed by atoms with Crippen molar-refractivity contribution in [3.8, 4) is 5.88 Å². The molecule has 0 saturated carbocycles. The molecular weight excluding hydrogens is 292 g/mol. The minimum absolute atomic E-state index is 0.138. The summed E-state index contributed by atoms with van der Waals surface area (Å²) >= 11 is 1.50. The van der Waals surface area contributed by atoms with E-state index in [1.807, 2.05) is 13.8 Å². The highest BCUT2D eigenvalue weighted by Crippen LogP contribution is 2.35. The first-order chi connectivity index (χ1) is 9.95. The Labute approximate surface area is 127 Å². The summed E-state index contributed by atoms with van der Waals surface area (Å²) in [5.41, 5.74) is 0.371. The maximum absolute atomic E-state index is 12.6. The summed E-state index contributed by atoms with van der Waals surface area (Å²) < 4.78 is 4.96. The van der Waals surface area contributed by atoms with Crippen LogP contribution in [0.3, 0.4) is 0 Å². The van der Waals surface area contributed by atoms with Gasteiger partial charge in [-0.15, -0.1) is 11.8 Å². The molecule has 1 aromatic heterocycles. The monoisotopic (exact) mass is 310 g/mol. The van der Waals surface area contributed by atoms with E-state index in [2.05, 4.69) is 4.98 Å². The van der Waals surface area contributed by atoms with Gasteiger partial charge in [0.2, 0.25) is 5.88 Å². The first-order valence-electron chi connectivity index (χ1n) is 6.62. The second-order valence-corrected chi connectivity index (χ2v) is 6.27. The summed E-state index contributed by atoms with van der Waals surface area (Å²) in [7, 11) is 1.50. The number of carbonyl (C=O) groups is 2. The molecule has 0 spiro atoms. The van der Waals surface area contributed by atoms with Gasteiger partial charge in [0.25, 0.3) is 5.91 Å². The Balaban J connectivity index is 2.29. The Morgan fingerprint density at radius 1 is 1.48 bits per heavy atom. The van der Waals surface area contributed by atoms with Crippen molar-refractivity contribution in [2.45, 2.75) is 25.3 Å². The fourth-order valence-corrected chi connectivity index (χ4v) is 3.74. The summed E-state index contributed by atoms with van der Waals surface area (Å²) in [6.45, 7) is 3.96. The standard InChI is InChI=1S/C14H18N2O4S/c1-8(2)13-16(10(7-21-13)14(18)19)12(17)9-4-5-11(20-3)15-6-9/h4-6,8,10,13H,7H2,1-3H3,(H,18,19). The van der Waals surface area contributed by atoms with Crippen LogP contribution < -0.4 is 4.74 Å². The van der Waals surface area contributed by atoms with Crippen molar-refractivity contribution in [3.63, 3.8) is 0 Å². The van der Waals surface area contributed by atoms with Gasteiger partial charge in [-0.25, -0.2) is 9.78 Å². The summed E-state index contributed by atoms with van der Waals surface area (Å²) in [5.74, 6) is -0.276. The average molecular weight is 310 g/mol. The van der Waals surface area contributed by atoms with E-state index >= 15 is 0 Å². The highest BCUT2D eigenvalue weighted by molar-refractivity contribution is 8.00. The Morgan fingerprint density at radius 3 is 2.67 bits per heavy atom. The molecule has 2 unspecified atom stereocenters. The SMILES string of the molecule is COc1ccc(C(=O)N2C(C(=O)O)CSC2C(C)C)cn1. The molecule has 0 aliphatic carbocycles. The molecule has 1 amide bonds. The van der Waals surface area contributed by atoms with E-state index in [1.54, 1.807) is 12.1 Å². The number of amides is 1. The van der Waals surface area contributed by atoms with Crippen LogP contribution in [0, 0.1) is 5.92 Å². The molecule has 1 saturated heterocycles. The van der Waals surface area contributed by atoms with Crippen molar-refractivity contribution in [1.29, 1.82) is 0 Å². The second kappa shape index (κ2) is 6.34. The molecule has 2 heterocycles. The van der Waals surface area contributed by atoms with Crippen molar-refractivity contribution in [3.05, 3.63) is 23.9 Å². The third-order valence-corrected chi connectivity index (χ3v) is 4.94. The molecule has 1 N–H and O–H groups in total. The predicted molar refractivity (Wildman–Crippen MR) is 79.5 cm³/mol. The number of aliphatic carboxylic acids is 1. The molecular formula is C14H18N2O4S. The van der Waals surface area contributed by atoms with Crippen molar-refractivity contribution < 1.29 is 19.4 Å². The van der Waals surface area contributed by atoms with Gasteiger partial charge >= 0.3 is 5.97 Å². The van der Waals surface area contributed by atoms with Gasteiger partial charge in [0.05, 0.1) is 18.0 Å². The van der Waals surface area contributed by atoms with Gasteiger partial charge in [-0.05, 0) is 12.0 Å². The Hall–Kier alpha value is -1.76. The van der Waals surface area contributed by atoms with E-state index in [0.717, 1.165) is 0 Å². The molecule has 2 atom stereocenters. The topological polar surface area (TPSA) is 79.7 Å². The summed E-state index contributed by atoms with van der Waals surface area (Å²) in [5, 5.41) is 9.18. The maximum atomic E-state index is 12.6. The van der Waals surface area contributed by atoms with Gasteiger partial charge in [-0.2, -0.15) is 0 Å². The van der Waals surface area contributed by atoms with Gasteiger partial charge in [-0.1, -0.05) is 13.8 Å². The number of carboxylic acids is 1. The third kappa shape index (κ3) is 3.12. The molecule has 114 valence electrons. The fourth-order valence-electron chi connectivity index (χ4n) is 2.27. The van der Waals surface area contributed by atoms with E-state index in [-0.39, 0.29) is 17.2 Å². The molecule has 6 nitrogen and oxygen atoms in total. The Bertz CT molecular complexity index is 532. The zero-order chi connectivity index (χ0) is 15.6. The van der Waals surface area contributed by atoms with Gasteiger partial charge in [0, 0.05) is 18.0 Å². The van der Waals surface area contributed by atoms with Crippen LogP contribution in [0.2, 0.25) is 0 Å². The van der Waals surface area contributed by atoms with E-state index in [1.165, 1.54) is 30.0 Å². The normalized spacial score (nSPS) is 21.6. The number of hydrogen-bond acceptors (Lipinski definition) is 5. The lowest BCUT2D eigenvalue weighted by Crippen LogP contribution is -2.47. The number of hydrogen-bond donors (Lipinski definition) is 1. The van der Waals surface area contributed by atoms with Gasteiger partial charge < -0.3 is 14.7 Å². The molecule has 1 aliphatic rings. The molecule has 0 bridgehead atoms. The molecule has 7 heteroatoms. The van der Waals surface area contributed by atoms with E-state index in [0.29, 0.717) is 17.2 Å². The number of carboxylic acid groups (broad SMARTS) is 1. The van der Waals surface area contributed by atoms with Crippen LogP contribution in [-0.4, -0.2) is 51.1 Å². The number of carbonyl (C=O) groups excluding carboxylic acids is 1. The lowest BCUT2D eigenvalue weighted by atomic mass is 10.1. The van der Waals surface area contributed by atoms with Gasteiger partial charge in [0.1, 0.15) is 6.04 Å². The predicted octanol–water partition coefficient (Wildman–Crippen LogP) is 1.71. The average Bonchev–Trinajstić information content (AvgIpc) is 2.91. The molecule has 1 aromatic rings. The highest BCUT2D eigenvalue weighted by atomic mass is 32.2. The number of ether oxygens (including phenoxy) is 1. The minimum atomic E-state index is -0.972. The largest absolute Gasteiger partial charge is 0.481 e. The third-order valence-electron chi connectivity index (χ3n) is 3.32. The van der Waals surface area contributed by atoms with Crippen molar-refractivity contribution in [1.82, 2.24) is 9.88 Å². The van der Waals surface area contributed by atoms with Crippen LogP contribution in [0.4, 0.5) is 0 Å². The van der Waals surface area contributed by atoms with Crippen LogP contribution in [-0.2, 0) is 4.79 Å². The van der Waals surface area contributed by atoms with Crippen LogP contribution in [0.15, 0.2) is 18.3 Å². The van der Waals surface area contributed by atoms with Crippen molar-refractivity contribution in [2.75, 3.05) is 12.9 Å². The number of methoxy groups -OCH3 is 1. The summed E-state index contributed by atoms with van der Waals surface area (Å²) in [6.07, 6.45) is 1.42. The van der Waals surface area contributed by atoms with Crippen LogP contribution in [0.1, 0.15) is 24.2 Å². The quantitative estimate of drug-likeness (QED) is 0.912. The molecule has 21 heavy (non-hydrogen) atoms. The molecule has 1 aliphatic heterocycles. The molecule has 0 aromatic carbocycles. The lowest BCUT2D eigenvalue weighted by molar-refractivity contribution is -0.141. The summed E-state index contributed by atoms with van der Waals surface area (Å²) in [6, 6.07) is 2.40. The Kier molecular flexibility index (Phi) is 4.72. The van der Waals surface area contributed by atoms with E-state index < -0.39 is 12.0 Å². The lowest BCUT2D eigenvalue weighted by Gasteiger charge is -2.29. The van der Waals surface area contributed by atoms with Crippen LogP contribution in [0.5, 0.6) is 5.88 Å². The maximum Gasteiger partial charge on any atom is 0.327 e. The zero-order valence-electron chi connectivity index (χ0n) is 12.1. The highest BCUT2D eigenvalue weighted by Gasteiger charge is 2.43. The summed E-state index contributed by atoms with van der Waals surface area (Å²) in [4.78, 5) is 29.5. The fraction of sp³-hybridized carbons (Fsp3) is 0.500. The van der Waals surface area contributed by atoms with Gasteiger partial charge in [-0.3, -0.25) is 4.79 Å². The zero-order valence-corrected chi connectivity index (χ0v) is 13.0. The van der Waals surface area contributed by atoms with Crippen molar-refractivity contribution in [2.24, 2.45) is 5.92 Å². The number of nitrogens with zero attached hydrogens (tertiary/aromatic N) is 2. The smallest absolute Gasteiger partial charge is 0.327 e. The van der Waals surface area contributed by atoms with Gasteiger partial charge in [0.15, 0.2) is 0 Å². The van der Waals surface area contributed by atoms with Crippen LogP contribution >= 0.6 is 11.8 Å². The first kappa shape index (κ1) is 15.6. The van der Waals surface area contributed by atoms with Crippen molar-refractivity contribution >= 4 is 23.6 Å². The number of rotatable bonds is 4. The van der Waals surface area contributed by atoms with E-state index in [9.17, 15) is 14.7 Å². The second-order valence-electron chi connectivity index (χ2n) is 5.12. The molecule has 0 radical (unpaired) electrons. The number of thioether (sulfide) groups is 1. The number of pyridine rings is 1. The molecule has 1 fully saturated rings. The molecule has 2 rings (SSSR count). The number of aromatic nitrogens is 1.